The molecule has 0 atom stereocenters. The molecule has 0 aliphatic heterocycles. The molecule has 0 aliphatic rings. The number of anilines is 2. The number of hydrogen-bond donors (Lipinski definition) is 2. The maximum Gasteiger partial charge on any atom is 0.203 e. The van der Waals surface area contributed by atoms with Crippen LogP contribution in [0.25, 0.3) is 0 Å². The predicted molar refractivity (Wildman–Crippen MR) is 96.1 cm³/mol. The molecule has 0 bridgehead atoms. The maximum absolute atomic E-state index is 5.50. The Morgan fingerprint density at radius 1 is 0.762 bits per heavy atom. The molecule has 0 radical (unpaired) electrons. The van der Waals surface area contributed by atoms with Crippen LogP contribution in [0, 0.1) is 0 Å². The normalized spacial score (nSPS) is 9.33. The number of aryl methyl sites for hydroxylation is 2. The molecule has 21 heavy (non-hydrogen) atoms. The Hall–Kier alpha value is -0.930. The van der Waals surface area contributed by atoms with E-state index >= 15 is 0 Å². The van der Waals surface area contributed by atoms with Gasteiger partial charge in [0.15, 0.2) is 0 Å². The first-order chi connectivity index (χ1) is 10.2. The van der Waals surface area contributed by atoms with Gasteiger partial charge in [0.25, 0.3) is 0 Å². The molecule has 2 aromatic rings. The third-order valence-corrected chi connectivity index (χ3v) is 4.50. The minimum Gasteiger partial charge on any atom is -0.374 e. The number of hydrogen-bond acceptors (Lipinski definition) is 9. The van der Waals surface area contributed by atoms with Gasteiger partial charge in [-0.2, -0.15) is 11.8 Å². The molecular formula is C12H24N6S3. The van der Waals surface area contributed by atoms with Crippen molar-refractivity contribution in [1.29, 1.82) is 0 Å². The number of rotatable bonds is 6. The molecule has 0 saturated heterocycles. The average Bonchev–Trinajstić information content (AvgIpc) is 3.12. The van der Waals surface area contributed by atoms with Crippen molar-refractivity contribution in [2.24, 2.45) is 0 Å². The Bertz CT molecular complexity index is 429. The Morgan fingerprint density at radius 2 is 1.14 bits per heavy atom. The summed E-state index contributed by atoms with van der Waals surface area (Å²) in [5.41, 5.74) is 11.0. The van der Waals surface area contributed by atoms with Crippen molar-refractivity contribution >= 4 is 44.7 Å². The van der Waals surface area contributed by atoms with Gasteiger partial charge in [-0.05, 0) is 11.5 Å². The summed E-state index contributed by atoms with van der Waals surface area (Å²) in [6.07, 6.45) is 1.83. The summed E-state index contributed by atoms with van der Waals surface area (Å²) in [5.74, 6) is 2.03. The maximum atomic E-state index is 5.50. The molecule has 2 rings (SSSR count). The number of nitrogens with two attached hydrogens (primary N) is 2. The first-order valence-electron chi connectivity index (χ1n) is 6.97. The highest BCUT2D eigenvalue weighted by Crippen LogP contribution is 2.16. The number of nitrogens with zero attached hydrogens (tertiary/aromatic N) is 4. The second-order valence-electron chi connectivity index (χ2n) is 3.18. The molecule has 0 unspecified atom stereocenters. The molecule has 0 aliphatic carbocycles. The van der Waals surface area contributed by atoms with Crippen molar-refractivity contribution in [3.8, 4) is 0 Å². The molecule has 4 N–H and O–H groups in total. The summed E-state index contributed by atoms with van der Waals surface area (Å²) in [7, 11) is 0. The molecule has 0 amide bonds. The largest absolute Gasteiger partial charge is 0.374 e. The first kappa shape index (κ1) is 20.1. The van der Waals surface area contributed by atoms with Crippen LogP contribution in [-0.4, -0.2) is 31.9 Å². The molecule has 2 heterocycles. The van der Waals surface area contributed by atoms with E-state index in [4.69, 9.17) is 11.5 Å². The molecule has 0 spiro atoms. The van der Waals surface area contributed by atoms with E-state index in [2.05, 4.69) is 20.4 Å². The van der Waals surface area contributed by atoms with Gasteiger partial charge in [0.1, 0.15) is 10.0 Å². The fourth-order valence-electron chi connectivity index (χ4n) is 1.16. The fraction of sp³-hybridized carbons (Fsp3) is 0.667. The zero-order valence-corrected chi connectivity index (χ0v) is 15.4. The lowest BCUT2D eigenvalue weighted by atomic mass is 10.5. The van der Waals surface area contributed by atoms with E-state index < -0.39 is 0 Å². The number of aromatic nitrogens is 4. The van der Waals surface area contributed by atoms with Crippen molar-refractivity contribution in [3.05, 3.63) is 10.0 Å². The third-order valence-electron chi connectivity index (χ3n) is 1.89. The average molecular weight is 349 g/mol. The van der Waals surface area contributed by atoms with Crippen LogP contribution in [0.2, 0.25) is 0 Å². The minimum atomic E-state index is 0.536. The van der Waals surface area contributed by atoms with Crippen LogP contribution in [0.3, 0.4) is 0 Å². The van der Waals surface area contributed by atoms with Crippen LogP contribution in [0.15, 0.2) is 0 Å². The van der Waals surface area contributed by atoms with Gasteiger partial charge >= 0.3 is 0 Å². The van der Waals surface area contributed by atoms with Gasteiger partial charge < -0.3 is 11.5 Å². The summed E-state index contributed by atoms with van der Waals surface area (Å²) < 4.78 is 0. The molecular weight excluding hydrogens is 324 g/mol. The Kier molecular flexibility index (Phi) is 12.2. The van der Waals surface area contributed by atoms with E-state index in [0.29, 0.717) is 10.3 Å². The van der Waals surface area contributed by atoms with E-state index in [9.17, 15) is 0 Å². The zero-order chi connectivity index (χ0) is 16.1. The number of thioether (sulfide) groups is 1. The van der Waals surface area contributed by atoms with Crippen LogP contribution in [0.5, 0.6) is 0 Å². The molecule has 120 valence electrons. The van der Waals surface area contributed by atoms with E-state index in [1.54, 1.807) is 0 Å². The van der Waals surface area contributed by atoms with Crippen molar-refractivity contribution in [2.75, 3.05) is 23.0 Å². The molecule has 0 saturated carbocycles. The summed E-state index contributed by atoms with van der Waals surface area (Å²) in [5, 5.41) is 18.5. The summed E-state index contributed by atoms with van der Waals surface area (Å²) in [6.45, 7) is 8.00. The van der Waals surface area contributed by atoms with E-state index in [1.165, 1.54) is 22.7 Å². The Morgan fingerprint density at radius 3 is 1.43 bits per heavy atom. The van der Waals surface area contributed by atoms with E-state index in [-0.39, 0.29) is 0 Å². The van der Waals surface area contributed by atoms with Gasteiger partial charge in [-0.25, -0.2) is 0 Å². The standard InChI is InChI=1S/C8H12N6S3.2C2H6/c9-7-13-11-5(16-7)1-3-15-4-2-6-12-14-8(10)17-6;2*1-2/h1-4H2,(H2,9,13)(H2,10,14);2*1-2H3. The van der Waals surface area contributed by atoms with Crippen LogP contribution in [0.1, 0.15) is 37.7 Å². The second-order valence-corrected chi connectivity index (χ2v) is 6.59. The van der Waals surface area contributed by atoms with Crippen LogP contribution in [0.4, 0.5) is 10.3 Å². The van der Waals surface area contributed by atoms with Crippen molar-refractivity contribution in [3.63, 3.8) is 0 Å². The van der Waals surface area contributed by atoms with Crippen LogP contribution in [-0.2, 0) is 12.8 Å². The Labute approximate surface area is 138 Å². The van der Waals surface area contributed by atoms with Gasteiger partial charge in [-0.3, -0.25) is 0 Å². The fourth-order valence-corrected chi connectivity index (χ4v) is 3.51. The predicted octanol–water partition coefficient (Wildman–Crippen LogP) is 3.12. The SMILES string of the molecule is CC.CC.Nc1nnc(CCSCCc2nnc(N)s2)s1. The van der Waals surface area contributed by atoms with Gasteiger partial charge in [0.2, 0.25) is 10.3 Å². The Balaban J connectivity index is 0.000000921. The second kappa shape index (κ2) is 12.8. The minimum absolute atomic E-state index is 0.536. The highest BCUT2D eigenvalue weighted by atomic mass is 32.2. The summed E-state index contributed by atoms with van der Waals surface area (Å²) in [6, 6.07) is 0. The van der Waals surface area contributed by atoms with Crippen molar-refractivity contribution in [1.82, 2.24) is 20.4 Å². The number of nitrogen functional groups attached to an aromatic ring is 2. The highest BCUT2D eigenvalue weighted by molar-refractivity contribution is 7.99. The lowest BCUT2D eigenvalue weighted by Crippen LogP contribution is -1.92. The highest BCUT2D eigenvalue weighted by Gasteiger charge is 2.03. The van der Waals surface area contributed by atoms with Gasteiger partial charge in [0.05, 0.1) is 0 Å². The molecule has 2 aromatic heterocycles. The molecule has 0 aromatic carbocycles. The van der Waals surface area contributed by atoms with Gasteiger partial charge in [-0.15, -0.1) is 20.4 Å². The summed E-state index contributed by atoms with van der Waals surface area (Å²) >= 11 is 4.76. The molecule has 0 fully saturated rings. The first-order valence-corrected chi connectivity index (χ1v) is 9.76. The van der Waals surface area contributed by atoms with Gasteiger partial charge in [0, 0.05) is 12.8 Å². The van der Waals surface area contributed by atoms with E-state index in [1.807, 2.05) is 39.5 Å². The summed E-state index contributed by atoms with van der Waals surface area (Å²) in [4.78, 5) is 0. The van der Waals surface area contributed by atoms with Gasteiger partial charge in [-0.1, -0.05) is 50.4 Å². The van der Waals surface area contributed by atoms with Crippen LogP contribution < -0.4 is 11.5 Å². The smallest absolute Gasteiger partial charge is 0.203 e. The quantitative estimate of drug-likeness (QED) is 0.773. The lowest BCUT2D eigenvalue weighted by molar-refractivity contribution is 0.983. The van der Waals surface area contributed by atoms with Crippen LogP contribution >= 0.6 is 34.4 Å². The lowest BCUT2D eigenvalue weighted by Gasteiger charge is -1.96. The molecule has 9 heteroatoms. The van der Waals surface area contributed by atoms with E-state index in [0.717, 1.165) is 34.4 Å². The topological polar surface area (TPSA) is 104 Å². The monoisotopic (exact) mass is 348 g/mol. The van der Waals surface area contributed by atoms with Crippen molar-refractivity contribution in [2.45, 2.75) is 40.5 Å². The zero-order valence-electron chi connectivity index (χ0n) is 13.0. The van der Waals surface area contributed by atoms with Crippen molar-refractivity contribution < 1.29 is 0 Å². The molecule has 6 nitrogen and oxygen atoms in total. The third kappa shape index (κ3) is 8.84.